The first-order chi connectivity index (χ1) is 21.8. The van der Waals surface area contributed by atoms with Gasteiger partial charge in [0.05, 0.1) is 37.6 Å². The minimum atomic E-state index is -0.624. The van der Waals surface area contributed by atoms with Gasteiger partial charge in [-0.2, -0.15) is 0 Å². The van der Waals surface area contributed by atoms with Crippen molar-refractivity contribution in [2.45, 2.75) is 125 Å². The molecule has 0 aliphatic heterocycles. The predicted octanol–water partition coefficient (Wildman–Crippen LogP) is 8.30. The number of hydrogen-bond acceptors (Lipinski definition) is 6. The summed E-state index contributed by atoms with van der Waals surface area (Å²) in [5.41, 5.74) is 1.01. The van der Waals surface area contributed by atoms with E-state index in [-0.39, 0.29) is 30.3 Å². The van der Waals surface area contributed by atoms with Gasteiger partial charge in [-0.3, -0.25) is 0 Å². The van der Waals surface area contributed by atoms with Crippen molar-refractivity contribution in [1.29, 1.82) is 0 Å². The van der Waals surface area contributed by atoms with Crippen molar-refractivity contribution in [2.75, 3.05) is 26.4 Å². The second-order valence-corrected chi connectivity index (χ2v) is 17.0. The molecule has 46 heavy (non-hydrogen) atoms. The summed E-state index contributed by atoms with van der Waals surface area (Å²) >= 11 is 0. The smallest absolute Gasteiger partial charge is 0.335 e. The molecular formula is C40H66O6. The molecule has 4 aliphatic carbocycles. The van der Waals surface area contributed by atoms with Gasteiger partial charge in [-0.25, -0.2) is 9.59 Å². The van der Waals surface area contributed by atoms with E-state index in [1.54, 1.807) is 0 Å². The van der Waals surface area contributed by atoms with Crippen LogP contribution in [0.25, 0.3) is 0 Å². The molecule has 262 valence electrons. The van der Waals surface area contributed by atoms with Crippen LogP contribution in [0.1, 0.15) is 125 Å². The number of ether oxygens (including phenoxy) is 2. The molecule has 1 unspecified atom stereocenters. The van der Waals surface area contributed by atoms with Gasteiger partial charge in [0.25, 0.3) is 0 Å². The Morgan fingerprint density at radius 2 is 1.39 bits per heavy atom. The number of hydrogen-bond donors (Lipinski definition) is 2. The Balaban J connectivity index is 1.33. The zero-order chi connectivity index (χ0) is 33.6. The topological polar surface area (TPSA) is 93.1 Å². The van der Waals surface area contributed by atoms with E-state index in [9.17, 15) is 19.8 Å². The number of fused-ring (bicyclic) bond motifs is 5. The Bertz CT molecular complexity index is 1030. The van der Waals surface area contributed by atoms with Crippen LogP contribution in [-0.4, -0.2) is 48.6 Å². The van der Waals surface area contributed by atoms with Crippen molar-refractivity contribution in [3.05, 3.63) is 24.3 Å². The lowest BCUT2D eigenvalue weighted by Crippen LogP contribution is -2.53. The number of rotatable bonds is 16. The van der Waals surface area contributed by atoms with Gasteiger partial charge in [-0.15, -0.1) is 0 Å². The number of aliphatic hydroxyl groups is 2. The Morgan fingerprint density at radius 3 is 2.00 bits per heavy atom. The number of carbonyl (C=O) groups is 2. The van der Waals surface area contributed by atoms with Crippen LogP contribution in [0.4, 0.5) is 0 Å². The molecule has 2 N–H and O–H groups in total. The average Bonchev–Trinajstić information content (AvgIpc) is 3.40. The van der Waals surface area contributed by atoms with Crippen molar-refractivity contribution in [3.8, 4) is 0 Å². The van der Waals surface area contributed by atoms with Crippen LogP contribution in [0.5, 0.6) is 0 Å². The Labute approximate surface area is 280 Å². The van der Waals surface area contributed by atoms with Crippen molar-refractivity contribution in [2.24, 2.45) is 64.1 Å². The normalized spacial score (nSPS) is 34.4. The van der Waals surface area contributed by atoms with E-state index in [2.05, 4.69) is 47.8 Å². The third-order valence-electron chi connectivity index (χ3n) is 13.8. The molecule has 4 saturated carbocycles. The highest BCUT2D eigenvalue weighted by atomic mass is 16.5. The van der Waals surface area contributed by atoms with E-state index in [1.807, 2.05) is 0 Å². The summed E-state index contributed by atoms with van der Waals surface area (Å²) in [4.78, 5) is 24.3. The molecule has 4 rings (SSSR count). The summed E-state index contributed by atoms with van der Waals surface area (Å²) in [7, 11) is 0. The lowest BCUT2D eigenvalue weighted by Gasteiger charge is -2.61. The van der Waals surface area contributed by atoms with Crippen molar-refractivity contribution in [3.63, 3.8) is 0 Å². The van der Waals surface area contributed by atoms with E-state index in [0.29, 0.717) is 16.7 Å². The highest BCUT2D eigenvalue weighted by molar-refractivity contribution is 5.88. The van der Waals surface area contributed by atoms with Crippen molar-refractivity contribution in [1.82, 2.24) is 0 Å². The lowest BCUT2D eigenvalue weighted by molar-refractivity contribution is -0.145. The van der Waals surface area contributed by atoms with Gasteiger partial charge >= 0.3 is 11.9 Å². The van der Waals surface area contributed by atoms with Crippen LogP contribution in [-0.2, 0) is 19.1 Å². The molecule has 0 bridgehead atoms. The van der Waals surface area contributed by atoms with E-state index in [0.717, 1.165) is 54.3 Å². The molecule has 0 amide bonds. The third kappa shape index (κ3) is 8.31. The quantitative estimate of drug-likeness (QED) is 0.130. The predicted molar refractivity (Wildman–Crippen MR) is 184 cm³/mol. The summed E-state index contributed by atoms with van der Waals surface area (Å²) in [5.74, 6) is 5.25. The fourth-order valence-electron chi connectivity index (χ4n) is 11.0. The van der Waals surface area contributed by atoms with E-state index in [1.165, 1.54) is 77.0 Å². The molecule has 0 aromatic heterocycles. The molecule has 0 saturated heterocycles. The molecule has 0 aromatic rings. The SMILES string of the molecule is C=C(CO)C(=O)OCC(CC[C@H]1CC[C@@]2(C)[C@@H](CC[C@@H]3[C@@H]2CC[C@]2(C)C([C@H](C)CCCC(C)C)CC[C@@H]32)C1)COC(=O)C(=C)CO. The number of esters is 2. The Morgan fingerprint density at radius 1 is 0.783 bits per heavy atom. The molecule has 0 aromatic carbocycles. The maximum Gasteiger partial charge on any atom is 0.335 e. The largest absolute Gasteiger partial charge is 0.462 e. The molecule has 9 atom stereocenters. The molecule has 6 nitrogen and oxygen atoms in total. The first-order valence-electron chi connectivity index (χ1n) is 18.7. The maximum absolute atomic E-state index is 12.2. The fourth-order valence-corrected chi connectivity index (χ4v) is 11.0. The molecule has 6 heteroatoms. The van der Waals surface area contributed by atoms with Crippen LogP contribution < -0.4 is 0 Å². The highest BCUT2D eigenvalue weighted by Gasteiger charge is 2.60. The van der Waals surface area contributed by atoms with Gasteiger partial charge in [-0.05, 0) is 129 Å². The van der Waals surface area contributed by atoms with Crippen molar-refractivity contribution < 1.29 is 29.3 Å². The van der Waals surface area contributed by atoms with Crippen LogP contribution in [0.15, 0.2) is 24.3 Å². The molecule has 4 fully saturated rings. The van der Waals surface area contributed by atoms with Crippen LogP contribution >= 0.6 is 0 Å². The zero-order valence-corrected chi connectivity index (χ0v) is 29.9. The fraction of sp³-hybridized carbons (Fsp3) is 0.850. The first-order valence-corrected chi connectivity index (χ1v) is 18.7. The summed E-state index contributed by atoms with van der Waals surface area (Å²) in [6.07, 6.45) is 18.3. The zero-order valence-electron chi connectivity index (χ0n) is 29.9. The summed E-state index contributed by atoms with van der Waals surface area (Å²) in [6, 6.07) is 0. The summed E-state index contributed by atoms with van der Waals surface area (Å²) < 4.78 is 10.8. The second-order valence-electron chi connectivity index (χ2n) is 17.0. The minimum absolute atomic E-state index is 0.0128. The van der Waals surface area contributed by atoms with E-state index < -0.39 is 25.2 Å². The summed E-state index contributed by atoms with van der Waals surface area (Å²) in [6.45, 7) is 19.0. The van der Waals surface area contributed by atoms with E-state index >= 15 is 0 Å². The van der Waals surface area contributed by atoms with Gasteiger partial charge in [-0.1, -0.05) is 67.0 Å². The average molecular weight is 643 g/mol. The van der Waals surface area contributed by atoms with Gasteiger partial charge in [0.2, 0.25) is 0 Å². The van der Waals surface area contributed by atoms with Crippen LogP contribution in [0, 0.1) is 64.1 Å². The number of carbonyl (C=O) groups excluding carboxylic acids is 2. The molecule has 0 heterocycles. The van der Waals surface area contributed by atoms with Gasteiger partial charge in [0, 0.05) is 5.92 Å². The van der Waals surface area contributed by atoms with Crippen LogP contribution in [0.2, 0.25) is 0 Å². The Hall–Kier alpha value is -1.66. The molecule has 0 spiro atoms. The number of aliphatic hydroxyl groups excluding tert-OH is 2. The van der Waals surface area contributed by atoms with E-state index in [4.69, 9.17) is 9.47 Å². The van der Waals surface area contributed by atoms with Gasteiger partial charge in [0.1, 0.15) is 0 Å². The first kappa shape index (κ1) is 37.2. The second kappa shape index (κ2) is 16.2. The molecule has 4 aliphatic rings. The highest BCUT2D eigenvalue weighted by Crippen LogP contribution is 2.68. The van der Waals surface area contributed by atoms with Crippen molar-refractivity contribution >= 4 is 11.9 Å². The third-order valence-corrected chi connectivity index (χ3v) is 13.8. The standard InChI is InChI=1S/C40H66O6/c1-26(2)9-8-10-27(3)34-15-16-35-33-14-13-32-21-30(17-19-39(32,6)36(33)18-20-40(34,35)7)11-12-31(24-45-37(43)28(4)22-41)25-46-38(44)29(5)23-42/h26-27,30-36,41-42H,4-5,8-25H2,1-3,6-7H3/t27-,30+,32+,33+,34?,35+,36+,39+,40-/m1/s1. The molecule has 0 radical (unpaired) electrons. The van der Waals surface area contributed by atoms with Gasteiger partial charge in [0.15, 0.2) is 0 Å². The Kier molecular flexibility index (Phi) is 13.1. The van der Waals surface area contributed by atoms with Crippen LogP contribution in [0.3, 0.4) is 0 Å². The lowest BCUT2D eigenvalue weighted by atomic mass is 9.44. The van der Waals surface area contributed by atoms with Gasteiger partial charge < -0.3 is 19.7 Å². The minimum Gasteiger partial charge on any atom is -0.462 e. The monoisotopic (exact) mass is 642 g/mol. The summed E-state index contributed by atoms with van der Waals surface area (Å²) in [5, 5.41) is 18.5. The molecular weight excluding hydrogens is 576 g/mol. The maximum atomic E-state index is 12.2.